The number of hydrogen-bond donors (Lipinski definition) is 1. The van der Waals surface area contributed by atoms with Gasteiger partial charge >= 0.3 is 27.7 Å². The highest BCUT2D eigenvalue weighted by Gasteiger charge is 2.48. The molecule has 142 valence electrons. The summed E-state index contributed by atoms with van der Waals surface area (Å²) in [5.41, 5.74) is -5.13. The summed E-state index contributed by atoms with van der Waals surface area (Å²) in [4.78, 5) is 10.6. The molecule has 0 bridgehead atoms. The van der Waals surface area contributed by atoms with Gasteiger partial charge in [-0.05, 0) is 37.0 Å². The van der Waals surface area contributed by atoms with Crippen LogP contribution in [0.3, 0.4) is 0 Å². The number of unbranched alkanes of at least 4 members (excludes halogenated alkanes) is 1. The van der Waals surface area contributed by atoms with Gasteiger partial charge in [0, 0.05) is 6.54 Å². The Bertz CT molecular complexity index is 699. The Morgan fingerprint density at radius 2 is 1.72 bits per heavy atom. The maximum Gasteiger partial charge on any atom is 0.534 e. The number of aryl methyl sites for hydroxylation is 1. The van der Waals surface area contributed by atoms with Crippen molar-refractivity contribution < 1.29 is 43.7 Å². The number of nitrogens with one attached hydrogen (secondary N) is 1. The molecule has 0 spiro atoms. The van der Waals surface area contributed by atoms with E-state index < -0.39 is 33.5 Å². The van der Waals surface area contributed by atoms with Crippen molar-refractivity contribution in [1.29, 1.82) is 0 Å². The highest BCUT2D eigenvalue weighted by Crippen LogP contribution is 2.27. The molecular weight excluding hydrogens is 380 g/mol. The van der Waals surface area contributed by atoms with Gasteiger partial charge in [-0.2, -0.15) is 34.8 Å². The third-order valence-electron chi connectivity index (χ3n) is 2.82. The van der Waals surface area contributed by atoms with Crippen LogP contribution < -0.4 is 9.50 Å². The largest absolute Gasteiger partial charge is 0.534 e. The maximum atomic E-state index is 12.2. The van der Waals surface area contributed by atoms with Crippen molar-refractivity contribution in [3.05, 3.63) is 29.8 Å². The van der Waals surface area contributed by atoms with Crippen LogP contribution in [0.5, 0.6) is 5.75 Å². The average Bonchev–Trinajstić information content (AvgIpc) is 2.44. The second kappa shape index (κ2) is 7.93. The van der Waals surface area contributed by atoms with E-state index >= 15 is 0 Å². The number of halogens is 6. The summed E-state index contributed by atoms with van der Waals surface area (Å²) in [6.07, 6.45) is -4.22. The maximum absolute atomic E-state index is 12.2. The van der Waals surface area contributed by atoms with E-state index in [9.17, 15) is 39.6 Å². The van der Waals surface area contributed by atoms with Gasteiger partial charge in [-0.15, -0.1) is 0 Å². The van der Waals surface area contributed by atoms with Crippen LogP contribution in [-0.4, -0.2) is 32.6 Å². The van der Waals surface area contributed by atoms with E-state index in [0.717, 1.165) is 12.1 Å². The molecule has 1 amide bonds. The van der Waals surface area contributed by atoms with Gasteiger partial charge in [0.15, 0.2) is 0 Å². The zero-order chi connectivity index (χ0) is 19.3. The van der Waals surface area contributed by atoms with E-state index in [-0.39, 0.29) is 19.4 Å². The van der Waals surface area contributed by atoms with Gasteiger partial charge < -0.3 is 9.50 Å². The Morgan fingerprint density at radius 3 is 2.28 bits per heavy atom. The van der Waals surface area contributed by atoms with E-state index in [1.54, 1.807) is 5.32 Å². The molecule has 0 heterocycles. The number of benzene rings is 1. The molecule has 0 aromatic heterocycles. The van der Waals surface area contributed by atoms with E-state index in [1.165, 1.54) is 12.1 Å². The molecule has 5 nitrogen and oxygen atoms in total. The SMILES string of the molecule is O=C(NCCCCc1cccc(OS(=O)(=O)C(F)(F)F)c1)C(F)(F)F. The summed E-state index contributed by atoms with van der Waals surface area (Å²) in [6, 6.07) is 4.87. The normalized spacial score (nSPS) is 12.7. The number of alkyl halides is 6. The fourth-order valence-electron chi connectivity index (χ4n) is 1.68. The van der Waals surface area contributed by atoms with E-state index in [4.69, 9.17) is 0 Å². The summed E-state index contributed by atoms with van der Waals surface area (Å²) >= 11 is 0. The minimum Gasteiger partial charge on any atom is -0.376 e. The summed E-state index contributed by atoms with van der Waals surface area (Å²) < 4.78 is 98.2. The molecule has 25 heavy (non-hydrogen) atoms. The van der Waals surface area contributed by atoms with Crippen molar-refractivity contribution >= 4 is 16.0 Å². The molecule has 1 aromatic carbocycles. The lowest BCUT2D eigenvalue weighted by atomic mass is 10.1. The van der Waals surface area contributed by atoms with Gasteiger partial charge in [0.25, 0.3) is 0 Å². The van der Waals surface area contributed by atoms with E-state index in [1.807, 2.05) is 0 Å². The lowest BCUT2D eigenvalue weighted by molar-refractivity contribution is -0.173. The predicted molar refractivity (Wildman–Crippen MR) is 74.0 cm³/mol. The fraction of sp³-hybridized carbons (Fsp3) is 0.462. The smallest absolute Gasteiger partial charge is 0.376 e. The van der Waals surface area contributed by atoms with Crippen molar-refractivity contribution in [2.75, 3.05) is 6.54 Å². The molecule has 1 rings (SSSR count). The summed E-state index contributed by atoms with van der Waals surface area (Å²) in [5, 5.41) is 1.68. The van der Waals surface area contributed by atoms with Crippen molar-refractivity contribution in [2.45, 2.75) is 30.9 Å². The molecular formula is C13H13F6NO4S. The molecule has 0 radical (unpaired) electrons. The quantitative estimate of drug-likeness (QED) is 0.335. The summed E-state index contributed by atoms with van der Waals surface area (Å²) in [6.45, 7) is -0.225. The Hall–Kier alpha value is -1.98. The van der Waals surface area contributed by atoms with E-state index in [2.05, 4.69) is 4.18 Å². The highest BCUT2D eigenvalue weighted by molar-refractivity contribution is 7.88. The summed E-state index contributed by atoms with van der Waals surface area (Å²) in [5.74, 6) is -2.58. The lowest BCUT2D eigenvalue weighted by Crippen LogP contribution is -2.37. The van der Waals surface area contributed by atoms with Crippen LogP contribution in [0.2, 0.25) is 0 Å². The van der Waals surface area contributed by atoms with Crippen LogP contribution in [0.25, 0.3) is 0 Å². The molecule has 0 atom stereocenters. The number of rotatable bonds is 7. The predicted octanol–water partition coefficient (Wildman–Crippen LogP) is 2.92. The zero-order valence-corrected chi connectivity index (χ0v) is 13.3. The van der Waals surface area contributed by atoms with Crippen molar-refractivity contribution in [3.63, 3.8) is 0 Å². The first-order chi connectivity index (χ1) is 11.3. The van der Waals surface area contributed by atoms with Gasteiger partial charge in [-0.25, -0.2) is 0 Å². The van der Waals surface area contributed by atoms with Crippen molar-refractivity contribution in [1.82, 2.24) is 5.32 Å². The molecule has 1 N–H and O–H groups in total. The van der Waals surface area contributed by atoms with Crippen molar-refractivity contribution in [2.24, 2.45) is 0 Å². The van der Waals surface area contributed by atoms with Gasteiger partial charge in [-0.1, -0.05) is 12.1 Å². The zero-order valence-electron chi connectivity index (χ0n) is 12.4. The Kier molecular flexibility index (Phi) is 6.68. The van der Waals surface area contributed by atoms with Crippen molar-refractivity contribution in [3.8, 4) is 5.75 Å². The minimum absolute atomic E-state index is 0.188. The molecule has 0 saturated carbocycles. The van der Waals surface area contributed by atoms with Gasteiger partial charge in [-0.3, -0.25) is 4.79 Å². The average molecular weight is 393 g/mol. The molecule has 0 fully saturated rings. The van der Waals surface area contributed by atoms with Gasteiger partial charge in [0.2, 0.25) is 0 Å². The molecule has 0 aliphatic rings. The fourth-order valence-corrected chi connectivity index (χ4v) is 2.13. The summed E-state index contributed by atoms with van der Waals surface area (Å²) in [7, 11) is -5.77. The minimum atomic E-state index is -5.77. The standard InChI is InChI=1S/C13H13F6NO4S/c14-12(15,16)11(21)20-7-2-1-4-9-5-3-6-10(8-9)24-25(22,23)13(17,18)19/h3,5-6,8H,1-2,4,7H2,(H,20,21). The first-order valence-electron chi connectivity index (χ1n) is 6.77. The topological polar surface area (TPSA) is 72.5 Å². The van der Waals surface area contributed by atoms with Gasteiger partial charge in [0.05, 0.1) is 0 Å². The first kappa shape index (κ1) is 21.1. The number of carbonyl (C=O) groups excluding carboxylic acids is 1. The Labute approximate surface area is 139 Å². The highest BCUT2D eigenvalue weighted by atomic mass is 32.2. The molecule has 0 aliphatic heterocycles. The van der Waals surface area contributed by atoms with Crippen LogP contribution in [0.1, 0.15) is 18.4 Å². The third-order valence-corrected chi connectivity index (χ3v) is 3.80. The lowest BCUT2D eigenvalue weighted by Gasteiger charge is -2.10. The van der Waals surface area contributed by atoms with Crippen LogP contribution >= 0.6 is 0 Å². The molecule has 0 saturated heterocycles. The van der Waals surface area contributed by atoms with Crippen LogP contribution in [0.4, 0.5) is 26.3 Å². The number of hydrogen-bond acceptors (Lipinski definition) is 4. The molecule has 0 aliphatic carbocycles. The molecule has 12 heteroatoms. The first-order valence-corrected chi connectivity index (χ1v) is 8.18. The van der Waals surface area contributed by atoms with Crippen LogP contribution in [0.15, 0.2) is 24.3 Å². The monoisotopic (exact) mass is 393 g/mol. The Balaban J connectivity index is 2.50. The number of carbonyl (C=O) groups is 1. The molecule has 0 unspecified atom stereocenters. The van der Waals surface area contributed by atoms with Crippen LogP contribution in [-0.2, 0) is 21.3 Å². The Morgan fingerprint density at radius 1 is 1.08 bits per heavy atom. The van der Waals surface area contributed by atoms with E-state index in [0.29, 0.717) is 12.0 Å². The van der Waals surface area contributed by atoms with Gasteiger partial charge in [0.1, 0.15) is 5.75 Å². The third kappa shape index (κ3) is 6.80. The second-order valence-corrected chi connectivity index (χ2v) is 6.38. The molecule has 1 aromatic rings. The van der Waals surface area contributed by atoms with Crippen LogP contribution in [0, 0.1) is 0 Å². The second-order valence-electron chi connectivity index (χ2n) is 4.84. The number of amides is 1.